The lowest BCUT2D eigenvalue weighted by Crippen LogP contribution is -2.26. The first-order valence-electron chi connectivity index (χ1n) is 6.80. The average molecular weight is 255 g/mol. The van der Waals surface area contributed by atoms with Crippen molar-refractivity contribution in [1.82, 2.24) is 4.98 Å². The van der Waals surface area contributed by atoms with E-state index in [-0.39, 0.29) is 11.9 Å². The molecule has 1 aliphatic carbocycles. The molecule has 19 heavy (non-hydrogen) atoms. The van der Waals surface area contributed by atoms with Gasteiger partial charge in [-0.3, -0.25) is 9.78 Å². The Hall–Kier alpha value is -1.74. The molecule has 1 atom stereocenters. The summed E-state index contributed by atoms with van der Waals surface area (Å²) in [5.41, 5.74) is 1.57. The Morgan fingerprint density at radius 2 is 2.21 bits per heavy atom. The second-order valence-electron chi connectivity index (χ2n) is 4.99. The Kier molecular flexibility index (Phi) is 3.30. The average Bonchev–Trinajstić information content (AvgIpc) is 3.28. The van der Waals surface area contributed by atoms with Gasteiger partial charge >= 0.3 is 0 Å². The number of carbonyl (C=O) groups excluding carboxylic acids is 1. The van der Waals surface area contributed by atoms with Crippen LogP contribution >= 0.6 is 0 Å². The molecule has 0 aliphatic heterocycles. The Morgan fingerprint density at radius 1 is 1.42 bits per heavy atom. The van der Waals surface area contributed by atoms with E-state index in [0.717, 1.165) is 23.7 Å². The molecule has 1 saturated carbocycles. The first kappa shape index (κ1) is 12.3. The molecule has 0 radical (unpaired) electrons. The maximum atomic E-state index is 12.5. The highest BCUT2D eigenvalue weighted by atomic mass is 16.5. The SMILES string of the molecule is CCOC(C(=O)c1cnc2ccccc2c1)C1CC1. The number of hydrogen-bond donors (Lipinski definition) is 0. The van der Waals surface area contributed by atoms with E-state index in [4.69, 9.17) is 4.74 Å². The fourth-order valence-corrected chi connectivity index (χ4v) is 2.37. The molecule has 3 nitrogen and oxygen atoms in total. The van der Waals surface area contributed by atoms with Crippen molar-refractivity contribution < 1.29 is 9.53 Å². The fourth-order valence-electron chi connectivity index (χ4n) is 2.37. The summed E-state index contributed by atoms with van der Waals surface area (Å²) in [5, 5.41) is 0.999. The maximum absolute atomic E-state index is 12.5. The van der Waals surface area contributed by atoms with E-state index in [0.29, 0.717) is 18.1 Å². The molecule has 1 aliphatic rings. The van der Waals surface area contributed by atoms with E-state index >= 15 is 0 Å². The third-order valence-electron chi connectivity index (χ3n) is 3.53. The maximum Gasteiger partial charge on any atom is 0.193 e. The lowest BCUT2D eigenvalue weighted by atomic mass is 10.0. The van der Waals surface area contributed by atoms with Gasteiger partial charge in [-0.1, -0.05) is 18.2 Å². The van der Waals surface area contributed by atoms with Gasteiger partial charge in [-0.15, -0.1) is 0 Å². The van der Waals surface area contributed by atoms with Crippen LogP contribution in [0.3, 0.4) is 0 Å². The molecule has 0 spiro atoms. The normalized spacial score (nSPS) is 16.5. The van der Waals surface area contributed by atoms with Crippen LogP contribution in [-0.2, 0) is 4.74 Å². The molecule has 0 saturated heterocycles. The van der Waals surface area contributed by atoms with Gasteiger partial charge in [-0.25, -0.2) is 0 Å². The quantitative estimate of drug-likeness (QED) is 0.770. The minimum atomic E-state index is -0.284. The second kappa shape index (κ2) is 5.10. The van der Waals surface area contributed by atoms with E-state index < -0.39 is 0 Å². The van der Waals surface area contributed by atoms with E-state index in [1.807, 2.05) is 37.3 Å². The minimum absolute atomic E-state index is 0.0719. The monoisotopic (exact) mass is 255 g/mol. The summed E-state index contributed by atoms with van der Waals surface area (Å²) in [4.78, 5) is 16.8. The largest absolute Gasteiger partial charge is 0.370 e. The molecule has 1 fully saturated rings. The van der Waals surface area contributed by atoms with Crippen LogP contribution in [0.25, 0.3) is 10.9 Å². The smallest absolute Gasteiger partial charge is 0.193 e. The Bertz CT molecular complexity index is 604. The van der Waals surface area contributed by atoms with Gasteiger partial charge in [0.2, 0.25) is 0 Å². The number of hydrogen-bond acceptors (Lipinski definition) is 3. The summed E-state index contributed by atoms with van der Waals surface area (Å²) in [5.74, 6) is 0.474. The fraction of sp³-hybridized carbons (Fsp3) is 0.375. The Morgan fingerprint density at radius 3 is 2.95 bits per heavy atom. The molecule has 3 rings (SSSR count). The first-order chi connectivity index (χ1) is 9.29. The molecule has 0 N–H and O–H groups in total. The van der Waals surface area contributed by atoms with Crippen LogP contribution < -0.4 is 0 Å². The number of ether oxygens (including phenoxy) is 1. The molecule has 1 aromatic carbocycles. The highest BCUT2D eigenvalue weighted by Crippen LogP contribution is 2.36. The number of para-hydroxylation sites is 1. The second-order valence-corrected chi connectivity index (χ2v) is 4.99. The van der Waals surface area contributed by atoms with Crippen LogP contribution in [0, 0.1) is 5.92 Å². The van der Waals surface area contributed by atoms with E-state index in [2.05, 4.69) is 4.98 Å². The predicted octanol–water partition coefficient (Wildman–Crippen LogP) is 3.23. The number of nitrogens with zero attached hydrogens (tertiary/aromatic N) is 1. The molecular weight excluding hydrogens is 238 g/mol. The number of aromatic nitrogens is 1. The summed E-state index contributed by atoms with van der Waals surface area (Å²) in [6.45, 7) is 2.51. The molecule has 2 aromatic rings. The predicted molar refractivity (Wildman–Crippen MR) is 74.2 cm³/mol. The van der Waals surface area contributed by atoms with Crippen LogP contribution in [-0.4, -0.2) is 23.5 Å². The van der Waals surface area contributed by atoms with Crippen LogP contribution in [0.4, 0.5) is 0 Å². The molecular formula is C16H17NO2. The van der Waals surface area contributed by atoms with Crippen LogP contribution in [0.15, 0.2) is 36.5 Å². The molecule has 0 bridgehead atoms. The zero-order valence-corrected chi connectivity index (χ0v) is 11.0. The Labute approximate surface area is 112 Å². The van der Waals surface area contributed by atoms with Gasteiger partial charge in [0, 0.05) is 23.8 Å². The molecule has 3 heteroatoms. The molecule has 98 valence electrons. The minimum Gasteiger partial charge on any atom is -0.370 e. The topological polar surface area (TPSA) is 39.2 Å². The summed E-state index contributed by atoms with van der Waals surface area (Å²) in [6.07, 6.45) is 3.57. The zero-order valence-electron chi connectivity index (χ0n) is 11.0. The highest BCUT2D eigenvalue weighted by molar-refractivity contribution is 6.02. The number of rotatable bonds is 5. The van der Waals surface area contributed by atoms with Crippen molar-refractivity contribution in [3.05, 3.63) is 42.1 Å². The third kappa shape index (κ3) is 2.51. The van der Waals surface area contributed by atoms with Crippen molar-refractivity contribution in [3.63, 3.8) is 0 Å². The number of ketones is 1. The van der Waals surface area contributed by atoms with Crippen molar-refractivity contribution in [2.75, 3.05) is 6.61 Å². The van der Waals surface area contributed by atoms with E-state index in [1.54, 1.807) is 6.20 Å². The van der Waals surface area contributed by atoms with Crippen LogP contribution in [0.1, 0.15) is 30.1 Å². The number of pyridine rings is 1. The summed E-state index contributed by atoms with van der Waals surface area (Å²) in [6, 6.07) is 9.75. The molecule has 1 aromatic heterocycles. The summed E-state index contributed by atoms with van der Waals surface area (Å²) >= 11 is 0. The lowest BCUT2D eigenvalue weighted by Gasteiger charge is -2.15. The van der Waals surface area contributed by atoms with Gasteiger partial charge in [-0.2, -0.15) is 0 Å². The molecule has 0 amide bonds. The lowest BCUT2D eigenvalue weighted by molar-refractivity contribution is 0.0374. The van der Waals surface area contributed by atoms with Crippen LogP contribution in [0.5, 0.6) is 0 Å². The number of fused-ring (bicyclic) bond motifs is 1. The van der Waals surface area contributed by atoms with Crippen molar-refractivity contribution in [2.45, 2.75) is 25.9 Å². The van der Waals surface area contributed by atoms with Gasteiger partial charge in [0.05, 0.1) is 5.52 Å². The highest BCUT2D eigenvalue weighted by Gasteiger charge is 2.37. The van der Waals surface area contributed by atoms with E-state index in [9.17, 15) is 4.79 Å². The number of benzene rings is 1. The van der Waals surface area contributed by atoms with Crippen molar-refractivity contribution >= 4 is 16.7 Å². The molecule has 1 heterocycles. The standard InChI is InChI=1S/C16H17NO2/c1-2-19-16(11-7-8-11)15(18)13-9-12-5-3-4-6-14(12)17-10-13/h3-6,9-11,16H,2,7-8H2,1H3. The summed E-state index contributed by atoms with van der Waals surface area (Å²) in [7, 11) is 0. The van der Waals surface area contributed by atoms with Gasteiger partial charge in [-0.05, 0) is 37.8 Å². The summed E-state index contributed by atoms with van der Waals surface area (Å²) < 4.78 is 5.62. The third-order valence-corrected chi connectivity index (χ3v) is 3.53. The van der Waals surface area contributed by atoms with Gasteiger partial charge in [0.25, 0.3) is 0 Å². The van der Waals surface area contributed by atoms with Gasteiger partial charge < -0.3 is 4.74 Å². The number of carbonyl (C=O) groups is 1. The number of Topliss-reactive ketones (excluding diaryl/α,β-unsaturated/α-hetero) is 1. The van der Waals surface area contributed by atoms with Gasteiger partial charge in [0.15, 0.2) is 5.78 Å². The van der Waals surface area contributed by atoms with E-state index in [1.165, 1.54) is 0 Å². The van der Waals surface area contributed by atoms with Crippen molar-refractivity contribution in [1.29, 1.82) is 0 Å². The zero-order chi connectivity index (χ0) is 13.2. The van der Waals surface area contributed by atoms with Crippen molar-refractivity contribution in [3.8, 4) is 0 Å². The van der Waals surface area contributed by atoms with Crippen molar-refractivity contribution in [2.24, 2.45) is 5.92 Å². The first-order valence-corrected chi connectivity index (χ1v) is 6.80. The van der Waals surface area contributed by atoms with Crippen LogP contribution in [0.2, 0.25) is 0 Å². The Balaban J connectivity index is 1.91. The molecule has 1 unspecified atom stereocenters. The van der Waals surface area contributed by atoms with Gasteiger partial charge in [0.1, 0.15) is 6.10 Å².